The number of hydrogen-bond donors (Lipinski definition) is 1. The van der Waals surface area contributed by atoms with E-state index in [9.17, 15) is 0 Å². The zero-order valence-electron chi connectivity index (χ0n) is 12.5. The van der Waals surface area contributed by atoms with Crippen molar-refractivity contribution in [2.24, 2.45) is 11.8 Å². The van der Waals surface area contributed by atoms with Crippen LogP contribution in [-0.4, -0.2) is 23.6 Å². The van der Waals surface area contributed by atoms with E-state index in [2.05, 4.69) is 37.2 Å². The molecule has 2 fully saturated rings. The fraction of sp³-hybridized carbons (Fsp3) is 1.00. The second-order valence-corrected chi connectivity index (χ2v) is 7.98. The van der Waals surface area contributed by atoms with Crippen LogP contribution in [0.2, 0.25) is 0 Å². The Labute approximate surface area is 118 Å². The van der Waals surface area contributed by atoms with Gasteiger partial charge in [-0.05, 0) is 37.4 Å². The minimum Gasteiger partial charge on any atom is -0.312 e. The van der Waals surface area contributed by atoms with Crippen molar-refractivity contribution in [2.75, 3.05) is 12.8 Å². The van der Waals surface area contributed by atoms with E-state index >= 15 is 0 Å². The van der Waals surface area contributed by atoms with Gasteiger partial charge < -0.3 is 5.32 Å². The van der Waals surface area contributed by atoms with Gasteiger partial charge in [0.15, 0.2) is 0 Å². The molecular formula is C16H31NS. The Morgan fingerprint density at radius 2 is 1.78 bits per heavy atom. The highest BCUT2D eigenvalue weighted by Gasteiger charge is 2.33. The molecule has 1 nitrogen and oxygen atoms in total. The van der Waals surface area contributed by atoms with E-state index in [1.165, 1.54) is 57.9 Å². The van der Waals surface area contributed by atoms with Crippen molar-refractivity contribution < 1.29 is 0 Å². The molecule has 1 N–H and O–H groups in total. The average Bonchev–Trinajstić information content (AvgIpc) is 2.41. The molecule has 0 spiro atoms. The molecule has 2 aliphatic carbocycles. The smallest absolute Gasteiger partial charge is 0.0281 e. The predicted octanol–water partition coefficient (Wildman–Crippen LogP) is 4.47. The first-order valence-corrected chi connectivity index (χ1v) is 9.18. The van der Waals surface area contributed by atoms with Crippen LogP contribution in [0.15, 0.2) is 0 Å². The number of rotatable bonds is 4. The summed E-state index contributed by atoms with van der Waals surface area (Å²) in [6.07, 6.45) is 13.8. The maximum absolute atomic E-state index is 3.94. The standard InChI is InChI=1S/C16H31NS/c1-13-8-7-9-15(14(13)2)17-12-16(18-3)10-5-4-6-11-16/h13-15,17H,4-12H2,1-3H3. The molecule has 2 saturated carbocycles. The molecule has 3 unspecified atom stereocenters. The van der Waals surface area contributed by atoms with Crippen LogP contribution < -0.4 is 5.32 Å². The van der Waals surface area contributed by atoms with E-state index in [1.54, 1.807) is 0 Å². The summed E-state index contributed by atoms with van der Waals surface area (Å²) in [4.78, 5) is 0. The maximum atomic E-state index is 3.94. The quantitative estimate of drug-likeness (QED) is 0.808. The van der Waals surface area contributed by atoms with Crippen molar-refractivity contribution >= 4 is 11.8 Å². The highest BCUT2D eigenvalue weighted by molar-refractivity contribution is 8.00. The summed E-state index contributed by atoms with van der Waals surface area (Å²) in [5.41, 5.74) is 0. The summed E-state index contributed by atoms with van der Waals surface area (Å²) in [5.74, 6) is 1.77. The Morgan fingerprint density at radius 3 is 2.44 bits per heavy atom. The van der Waals surface area contributed by atoms with Gasteiger partial charge in [-0.3, -0.25) is 0 Å². The highest BCUT2D eigenvalue weighted by atomic mass is 32.2. The first kappa shape index (κ1) is 14.7. The van der Waals surface area contributed by atoms with E-state index < -0.39 is 0 Å². The van der Waals surface area contributed by atoms with Crippen LogP contribution >= 0.6 is 11.8 Å². The largest absolute Gasteiger partial charge is 0.312 e. The van der Waals surface area contributed by atoms with E-state index in [1.807, 2.05) is 0 Å². The van der Waals surface area contributed by atoms with E-state index in [0.29, 0.717) is 4.75 Å². The first-order valence-electron chi connectivity index (χ1n) is 7.95. The van der Waals surface area contributed by atoms with Crippen molar-refractivity contribution in [1.82, 2.24) is 5.32 Å². The van der Waals surface area contributed by atoms with Gasteiger partial charge in [-0.1, -0.05) is 46.0 Å². The molecule has 3 atom stereocenters. The van der Waals surface area contributed by atoms with Crippen LogP contribution in [-0.2, 0) is 0 Å². The SMILES string of the molecule is CSC1(CNC2CCCC(C)C2C)CCCCC1. The lowest BCUT2D eigenvalue weighted by Gasteiger charge is -2.40. The number of nitrogens with one attached hydrogen (secondary N) is 1. The van der Waals surface area contributed by atoms with Crippen molar-refractivity contribution in [3.8, 4) is 0 Å². The van der Waals surface area contributed by atoms with E-state index in [4.69, 9.17) is 0 Å². The molecule has 106 valence electrons. The van der Waals surface area contributed by atoms with Gasteiger partial charge in [0.1, 0.15) is 0 Å². The molecule has 0 aromatic carbocycles. The zero-order valence-corrected chi connectivity index (χ0v) is 13.3. The molecule has 2 rings (SSSR count). The lowest BCUT2D eigenvalue weighted by atomic mass is 9.77. The topological polar surface area (TPSA) is 12.0 Å². The van der Waals surface area contributed by atoms with Crippen LogP contribution in [0.1, 0.15) is 65.2 Å². The normalized spacial score (nSPS) is 36.5. The molecule has 2 heteroatoms. The molecule has 0 bridgehead atoms. The van der Waals surface area contributed by atoms with Crippen molar-refractivity contribution in [1.29, 1.82) is 0 Å². The lowest BCUT2D eigenvalue weighted by molar-refractivity contribution is 0.199. The second kappa shape index (κ2) is 6.65. The van der Waals surface area contributed by atoms with Crippen molar-refractivity contribution in [3.05, 3.63) is 0 Å². The van der Waals surface area contributed by atoms with E-state index in [0.717, 1.165) is 17.9 Å². The van der Waals surface area contributed by atoms with Crippen LogP contribution in [0.3, 0.4) is 0 Å². The Kier molecular flexibility index (Phi) is 5.44. The summed E-state index contributed by atoms with van der Waals surface area (Å²) in [5, 5.41) is 3.94. The van der Waals surface area contributed by atoms with Gasteiger partial charge in [0, 0.05) is 17.3 Å². The van der Waals surface area contributed by atoms with Gasteiger partial charge in [-0.2, -0.15) is 11.8 Å². The summed E-state index contributed by atoms with van der Waals surface area (Å²) in [7, 11) is 0. The average molecular weight is 269 g/mol. The molecule has 0 saturated heterocycles. The third kappa shape index (κ3) is 3.45. The molecule has 0 amide bonds. The third-order valence-electron chi connectivity index (χ3n) is 5.59. The van der Waals surface area contributed by atoms with Crippen LogP contribution in [0.4, 0.5) is 0 Å². The summed E-state index contributed by atoms with van der Waals surface area (Å²) < 4.78 is 0.554. The zero-order chi connectivity index (χ0) is 13.0. The number of thioether (sulfide) groups is 1. The van der Waals surface area contributed by atoms with Gasteiger partial charge >= 0.3 is 0 Å². The second-order valence-electron chi connectivity index (χ2n) is 6.70. The molecule has 0 radical (unpaired) electrons. The number of hydrogen-bond acceptors (Lipinski definition) is 2. The van der Waals surface area contributed by atoms with Gasteiger partial charge in [0.25, 0.3) is 0 Å². The molecule has 0 heterocycles. The Bertz CT molecular complexity index is 247. The van der Waals surface area contributed by atoms with Crippen LogP contribution in [0.5, 0.6) is 0 Å². The summed E-state index contributed by atoms with van der Waals surface area (Å²) in [6, 6.07) is 0.778. The Morgan fingerprint density at radius 1 is 1.06 bits per heavy atom. The molecule has 0 aromatic heterocycles. The van der Waals surface area contributed by atoms with E-state index in [-0.39, 0.29) is 0 Å². The summed E-state index contributed by atoms with van der Waals surface area (Å²) in [6.45, 7) is 6.13. The third-order valence-corrected chi connectivity index (χ3v) is 7.01. The summed E-state index contributed by atoms with van der Waals surface area (Å²) >= 11 is 2.12. The fourth-order valence-electron chi connectivity index (χ4n) is 3.84. The van der Waals surface area contributed by atoms with Crippen LogP contribution in [0, 0.1) is 11.8 Å². The first-order chi connectivity index (χ1) is 8.67. The van der Waals surface area contributed by atoms with Crippen molar-refractivity contribution in [3.63, 3.8) is 0 Å². The molecule has 0 aromatic rings. The van der Waals surface area contributed by atoms with Gasteiger partial charge in [-0.15, -0.1) is 0 Å². The van der Waals surface area contributed by atoms with Crippen LogP contribution in [0.25, 0.3) is 0 Å². The predicted molar refractivity (Wildman–Crippen MR) is 83.3 cm³/mol. The monoisotopic (exact) mass is 269 g/mol. The Balaban J connectivity index is 1.85. The molecule has 0 aliphatic heterocycles. The minimum absolute atomic E-state index is 0.554. The molecule has 2 aliphatic rings. The maximum Gasteiger partial charge on any atom is 0.0281 e. The van der Waals surface area contributed by atoms with Gasteiger partial charge in [0.05, 0.1) is 0 Å². The lowest BCUT2D eigenvalue weighted by Crippen LogP contribution is -2.47. The minimum atomic E-state index is 0.554. The van der Waals surface area contributed by atoms with Gasteiger partial charge in [0.2, 0.25) is 0 Å². The fourth-order valence-corrected chi connectivity index (χ4v) is 4.76. The van der Waals surface area contributed by atoms with Crippen molar-refractivity contribution in [2.45, 2.75) is 76.0 Å². The molecular weight excluding hydrogens is 238 g/mol. The molecule has 18 heavy (non-hydrogen) atoms. The highest BCUT2D eigenvalue weighted by Crippen LogP contribution is 2.38. The van der Waals surface area contributed by atoms with Gasteiger partial charge in [-0.25, -0.2) is 0 Å². The Hall–Kier alpha value is 0.310.